The number of nitrogens with two attached hydrogens (primary N) is 1. The fraction of sp³-hybridized carbons (Fsp3) is 0.562. The van der Waals surface area contributed by atoms with E-state index in [1.807, 2.05) is 0 Å². The van der Waals surface area contributed by atoms with Gasteiger partial charge in [-0.25, -0.2) is 8.42 Å². The second-order valence-electron chi connectivity index (χ2n) is 6.23. The van der Waals surface area contributed by atoms with E-state index in [-0.39, 0.29) is 28.3 Å². The predicted molar refractivity (Wildman–Crippen MR) is 85.8 cm³/mol. The summed E-state index contributed by atoms with van der Waals surface area (Å²) in [6.45, 7) is 0. The number of methoxy groups -OCH3 is 1. The zero-order valence-corrected chi connectivity index (χ0v) is 14.0. The average Bonchev–Trinajstić information content (AvgIpc) is 3.20. The van der Waals surface area contributed by atoms with Crippen molar-refractivity contribution in [2.75, 3.05) is 7.11 Å². The topological polar surface area (TPSA) is 89.7 Å². The Labute approximate surface area is 136 Å². The second kappa shape index (κ2) is 6.13. The molecule has 0 atom stereocenters. The summed E-state index contributed by atoms with van der Waals surface area (Å²) >= 11 is 0. The van der Waals surface area contributed by atoms with Crippen LogP contribution >= 0.6 is 0 Å². The lowest BCUT2D eigenvalue weighted by molar-refractivity contribution is 0.0997. The van der Waals surface area contributed by atoms with E-state index in [2.05, 4.69) is 0 Å². The summed E-state index contributed by atoms with van der Waals surface area (Å²) < 4.78 is 33.0. The third-order valence-electron chi connectivity index (χ3n) is 4.60. The van der Waals surface area contributed by atoms with Gasteiger partial charge < -0.3 is 10.5 Å². The molecule has 2 N–H and O–H groups in total. The Bertz CT molecular complexity index is 707. The lowest BCUT2D eigenvalue weighted by Gasteiger charge is -2.28. The van der Waals surface area contributed by atoms with Crippen molar-refractivity contribution < 1.29 is 17.9 Å². The fourth-order valence-corrected chi connectivity index (χ4v) is 5.30. The van der Waals surface area contributed by atoms with Gasteiger partial charge in [-0.2, -0.15) is 4.31 Å². The first-order valence-corrected chi connectivity index (χ1v) is 9.40. The first-order chi connectivity index (χ1) is 10.9. The van der Waals surface area contributed by atoms with Crippen LogP contribution in [0.3, 0.4) is 0 Å². The van der Waals surface area contributed by atoms with Crippen LogP contribution in [0.25, 0.3) is 0 Å². The summed E-state index contributed by atoms with van der Waals surface area (Å²) in [7, 11) is -2.21. The third-order valence-corrected chi connectivity index (χ3v) is 6.60. The average molecular weight is 338 g/mol. The normalized spacial score (nSPS) is 19.2. The van der Waals surface area contributed by atoms with Crippen LogP contribution in [0, 0.1) is 0 Å². The van der Waals surface area contributed by atoms with Gasteiger partial charge in [-0.05, 0) is 43.9 Å². The molecule has 23 heavy (non-hydrogen) atoms. The highest BCUT2D eigenvalue weighted by molar-refractivity contribution is 7.89. The van der Waals surface area contributed by atoms with Crippen LogP contribution in [0.15, 0.2) is 23.1 Å². The van der Waals surface area contributed by atoms with Gasteiger partial charge in [-0.3, -0.25) is 4.79 Å². The van der Waals surface area contributed by atoms with Crippen LogP contribution < -0.4 is 10.5 Å². The number of benzene rings is 1. The molecule has 0 aliphatic heterocycles. The van der Waals surface area contributed by atoms with Crippen LogP contribution in [0.2, 0.25) is 0 Å². The summed E-state index contributed by atoms with van der Waals surface area (Å²) in [5, 5.41) is 0. The van der Waals surface area contributed by atoms with Crippen molar-refractivity contribution in [3.8, 4) is 5.75 Å². The summed E-state index contributed by atoms with van der Waals surface area (Å²) in [6.07, 6.45) is 5.78. The molecular weight excluding hydrogens is 316 g/mol. The standard InChI is InChI=1S/C16H22N2O4S/c1-22-15-9-8-13(10-14(15)16(17)19)23(20,21)18(12-6-7-12)11-4-2-3-5-11/h8-12H,2-7H2,1H3,(H2,17,19). The van der Waals surface area contributed by atoms with Crippen molar-refractivity contribution in [1.82, 2.24) is 4.31 Å². The van der Waals surface area contributed by atoms with Crippen LogP contribution in [-0.4, -0.2) is 37.8 Å². The van der Waals surface area contributed by atoms with Gasteiger partial charge in [-0.1, -0.05) is 12.8 Å². The molecule has 7 heteroatoms. The summed E-state index contributed by atoms with van der Waals surface area (Å²) in [4.78, 5) is 11.7. The highest BCUT2D eigenvalue weighted by atomic mass is 32.2. The molecule has 6 nitrogen and oxygen atoms in total. The Morgan fingerprint density at radius 2 is 1.78 bits per heavy atom. The Balaban J connectivity index is 2.00. The summed E-state index contributed by atoms with van der Waals surface area (Å²) in [5.41, 5.74) is 5.44. The zero-order chi connectivity index (χ0) is 16.6. The van der Waals surface area contributed by atoms with E-state index in [4.69, 9.17) is 10.5 Å². The molecule has 2 aliphatic carbocycles. The molecule has 2 saturated carbocycles. The number of hydrogen-bond donors (Lipinski definition) is 1. The molecule has 0 heterocycles. The Hall–Kier alpha value is -1.60. The molecule has 0 aromatic heterocycles. The molecular formula is C16H22N2O4S. The van der Waals surface area contributed by atoms with Crippen molar-refractivity contribution in [2.24, 2.45) is 5.73 Å². The van der Waals surface area contributed by atoms with Gasteiger partial charge in [0.15, 0.2) is 0 Å². The van der Waals surface area contributed by atoms with Crippen molar-refractivity contribution >= 4 is 15.9 Å². The van der Waals surface area contributed by atoms with Crippen molar-refractivity contribution in [1.29, 1.82) is 0 Å². The number of amides is 1. The number of carbonyl (C=O) groups excluding carboxylic acids is 1. The Kier molecular flexibility index (Phi) is 4.33. The Morgan fingerprint density at radius 3 is 2.30 bits per heavy atom. The van der Waals surface area contributed by atoms with E-state index in [1.165, 1.54) is 25.3 Å². The number of rotatable bonds is 6. The molecule has 0 spiro atoms. The number of sulfonamides is 1. The van der Waals surface area contributed by atoms with Gasteiger partial charge in [0.1, 0.15) is 5.75 Å². The van der Waals surface area contributed by atoms with Gasteiger partial charge in [0.2, 0.25) is 10.0 Å². The van der Waals surface area contributed by atoms with Gasteiger partial charge in [0.05, 0.1) is 17.6 Å². The minimum absolute atomic E-state index is 0.0756. The SMILES string of the molecule is COc1ccc(S(=O)(=O)N(C2CCCC2)C2CC2)cc1C(N)=O. The highest BCUT2D eigenvalue weighted by Gasteiger charge is 2.43. The molecule has 0 bridgehead atoms. The van der Waals surface area contributed by atoms with E-state index >= 15 is 0 Å². The lowest BCUT2D eigenvalue weighted by atomic mass is 10.2. The van der Waals surface area contributed by atoms with E-state index in [0.717, 1.165) is 38.5 Å². The lowest BCUT2D eigenvalue weighted by Crippen LogP contribution is -2.40. The second-order valence-corrected chi connectivity index (χ2v) is 8.07. The van der Waals surface area contributed by atoms with Crippen molar-refractivity contribution in [2.45, 2.75) is 55.5 Å². The number of hydrogen-bond acceptors (Lipinski definition) is 4. The van der Waals surface area contributed by atoms with Crippen LogP contribution in [0.1, 0.15) is 48.9 Å². The number of primary amides is 1. The zero-order valence-electron chi connectivity index (χ0n) is 13.2. The van der Waals surface area contributed by atoms with E-state index in [1.54, 1.807) is 4.31 Å². The molecule has 2 fully saturated rings. The van der Waals surface area contributed by atoms with Gasteiger partial charge in [0, 0.05) is 12.1 Å². The smallest absolute Gasteiger partial charge is 0.252 e. The number of carbonyl (C=O) groups is 1. The molecule has 0 radical (unpaired) electrons. The largest absolute Gasteiger partial charge is 0.496 e. The maximum absolute atomic E-state index is 13.1. The monoisotopic (exact) mass is 338 g/mol. The van der Waals surface area contributed by atoms with Crippen LogP contribution in [-0.2, 0) is 10.0 Å². The van der Waals surface area contributed by atoms with Gasteiger partial charge in [-0.15, -0.1) is 0 Å². The minimum Gasteiger partial charge on any atom is -0.496 e. The minimum atomic E-state index is -3.63. The van der Waals surface area contributed by atoms with E-state index in [9.17, 15) is 13.2 Å². The maximum Gasteiger partial charge on any atom is 0.252 e. The summed E-state index contributed by atoms with van der Waals surface area (Å²) in [5.74, 6) is -0.409. The van der Waals surface area contributed by atoms with E-state index < -0.39 is 15.9 Å². The maximum atomic E-state index is 13.1. The van der Waals surface area contributed by atoms with Crippen LogP contribution in [0.5, 0.6) is 5.75 Å². The molecule has 126 valence electrons. The molecule has 1 aromatic rings. The molecule has 2 aliphatic rings. The van der Waals surface area contributed by atoms with Crippen LogP contribution in [0.4, 0.5) is 0 Å². The van der Waals surface area contributed by atoms with Crippen molar-refractivity contribution in [3.63, 3.8) is 0 Å². The van der Waals surface area contributed by atoms with Gasteiger partial charge >= 0.3 is 0 Å². The molecule has 3 rings (SSSR count). The quantitative estimate of drug-likeness (QED) is 0.857. The number of ether oxygens (including phenoxy) is 1. The Morgan fingerprint density at radius 1 is 1.17 bits per heavy atom. The predicted octanol–water partition coefficient (Wildman–Crippen LogP) is 1.89. The van der Waals surface area contributed by atoms with E-state index in [0.29, 0.717) is 0 Å². The molecule has 1 amide bonds. The highest BCUT2D eigenvalue weighted by Crippen LogP contribution is 2.39. The first-order valence-electron chi connectivity index (χ1n) is 7.96. The molecule has 1 aromatic carbocycles. The third kappa shape index (κ3) is 3.07. The summed E-state index contributed by atoms with van der Waals surface area (Å²) in [6, 6.07) is 4.49. The first kappa shape index (κ1) is 16.3. The van der Waals surface area contributed by atoms with Gasteiger partial charge in [0.25, 0.3) is 5.91 Å². The molecule has 0 unspecified atom stereocenters. The number of nitrogens with zero attached hydrogens (tertiary/aromatic N) is 1. The van der Waals surface area contributed by atoms with Crippen molar-refractivity contribution in [3.05, 3.63) is 23.8 Å². The fourth-order valence-electron chi connectivity index (χ4n) is 3.34. The molecule has 0 saturated heterocycles.